The van der Waals surface area contributed by atoms with E-state index in [0.29, 0.717) is 30.9 Å². The molecule has 8 rings (SSSR count). The number of esters is 1. The van der Waals surface area contributed by atoms with Gasteiger partial charge in [-0.3, -0.25) is 4.79 Å². The molecular formula is C41H44N2O6. The summed E-state index contributed by atoms with van der Waals surface area (Å²) in [7, 11) is 1.67. The number of ether oxygens (including phenoxy) is 3. The molecule has 3 atom stereocenters. The molecule has 2 amide bonds. The largest absolute Gasteiger partial charge is 0.497 e. The summed E-state index contributed by atoms with van der Waals surface area (Å²) in [5.41, 5.74) is 5.54. The van der Waals surface area contributed by atoms with E-state index in [1.165, 1.54) is 29.7 Å². The summed E-state index contributed by atoms with van der Waals surface area (Å²) in [5, 5.41) is 1.11. The van der Waals surface area contributed by atoms with Crippen LogP contribution in [0.5, 0.6) is 5.75 Å². The maximum atomic E-state index is 15.0. The number of hydrogen-bond donors (Lipinski definition) is 0. The number of rotatable bonds is 6. The number of aromatic nitrogens is 1. The van der Waals surface area contributed by atoms with Gasteiger partial charge in [0.2, 0.25) is 5.91 Å². The Balaban J connectivity index is 1.30. The summed E-state index contributed by atoms with van der Waals surface area (Å²) in [4.78, 5) is 43.1. The van der Waals surface area contributed by atoms with Crippen LogP contribution in [0.1, 0.15) is 98.2 Å². The minimum atomic E-state index is -0.859. The van der Waals surface area contributed by atoms with Crippen molar-refractivity contribution in [1.29, 1.82) is 0 Å². The Morgan fingerprint density at radius 3 is 2.49 bits per heavy atom. The molecule has 254 valence electrons. The Morgan fingerprint density at radius 2 is 1.76 bits per heavy atom. The second kappa shape index (κ2) is 11.8. The fourth-order valence-corrected chi connectivity index (χ4v) is 8.73. The highest BCUT2D eigenvalue weighted by atomic mass is 16.6. The molecule has 0 spiro atoms. The van der Waals surface area contributed by atoms with Gasteiger partial charge in [0.1, 0.15) is 18.0 Å². The van der Waals surface area contributed by atoms with E-state index in [-0.39, 0.29) is 30.4 Å². The van der Waals surface area contributed by atoms with E-state index in [0.717, 1.165) is 51.9 Å². The molecule has 8 heteroatoms. The minimum absolute atomic E-state index is 0.0981. The quantitative estimate of drug-likeness (QED) is 0.193. The van der Waals surface area contributed by atoms with E-state index in [4.69, 9.17) is 14.2 Å². The molecule has 49 heavy (non-hydrogen) atoms. The van der Waals surface area contributed by atoms with Crippen molar-refractivity contribution < 1.29 is 28.6 Å². The van der Waals surface area contributed by atoms with E-state index in [1.807, 2.05) is 69.3 Å². The van der Waals surface area contributed by atoms with Gasteiger partial charge in [-0.25, -0.2) is 14.5 Å². The van der Waals surface area contributed by atoms with Crippen LogP contribution in [-0.2, 0) is 27.2 Å². The van der Waals surface area contributed by atoms with E-state index in [1.54, 1.807) is 7.11 Å². The van der Waals surface area contributed by atoms with E-state index >= 15 is 0 Å². The third-order valence-electron chi connectivity index (χ3n) is 11.1. The highest BCUT2D eigenvalue weighted by Crippen LogP contribution is 2.66. The molecule has 0 unspecified atom stereocenters. The Hall–Kier alpha value is -4.59. The number of fused-ring (bicyclic) bond motifs is 7. The fraction of sp³-hybridized carbons (Fsp3) is 0.439. The van der Waals surface area contributed by atoms with Gasteiger partial charge in [0.05, 0.1) is 29.8 Å². The second-order valence-corrected chi connectivity index (χ2v) is 15.4. The first-order valence-electron chi connectivity index (χ1n) is 17.7. The van der Waals surface area contributed by atoms with Crippen LogP contribution in [0.3, 0.4) is 0 Å². The van der Waals surface area contributed by atoms with Gasteiger partial charge in [0.25, 0.3) is 0 Å². The molecule has 1 aromatic heterocycles. The van der Waals surface area contributed by atoms with Crippen molar-refractivity contribution in [2.45, 2.75) is 95.7 Å². The van der Waals surface area contributed by atoms with Crippen molar-refractivity contribution >= 4 is 28.9 Å². The molecule has 4 aliphatic rings. The van der Waals surface area contributed by atoms with Crippen LogP contribution >= 0.6 is 0 Å². The van der Waals surface area contributed by atoms with Crippen LogP contribution in [0.15, 0.2) is 66.7 Å². The van der Waals surface area contributed by atoms with Crippen LogP contribution in [0, 0.1) is 5.41 Å². The van der Waals surface area contributed by atoms with Gasteiger partial charge in [0.15, 0.2) is 0 Å². The summed E-state index contributed by atoms with van der Waals surface area (Å²) in [6, 6.07) is 21.7. The van der Waals surface area contributed by atoms with Crippen LogP contribution in [0.4, 0.5) is 4.79 Å². The number of hydrogen-bond acceptors (Lipinski definition) is 6. The number of carbonyl (C=O) groups is 3. The van der Waals surface area contributed by atoms with Gasteiger partial charge >= 0.3 is 12.1 Å². The topological polar surface area (TPSA) is 87.1 Å². The number of imide groups is 1. The average molecular weight is 661 g/mol. The molecule has 2 aliphatic heterocycles. The third-order valence-corrected chi connectivity index (χ3v) is 11.1. The van der Waals surface area contributed by atoms with E-state index < -0.39 is 17.1 Å². The van der Waals surface area contributed by atoms with Crippen molar-refractivity contribution in [3.63, 3.8) is 0 Å². The van der Waals surface area contributed by atoms with Crippen molar-refractivity contribution in [1.82, 2.24) is 9.47 Å². The van der Waals surface area contributed by atoms with Crippen LogP contribution < -0.4 is 4.74 Å². The smallest absolute Gasteiger partial charge is 0.417 e. The average Bonchev–Trinajstić information content (AvgIpc) is 3.63. The highest BCUT2D eigenvalue weighted by molar-refractivity contribution is 6.02. The molecule has 3 fully saturated rings. The van der Waals surface area contributed by atoms with Crippen molar-refractivity contribution in [3.05, 3.63) is 89.0 Å². The molecule has 0 radical (unpaired) electrons. The zero-order valence-electron chi connectivity index (χ0n) is 28.8. The first kappa shape index (κ1) is 31.7. The molecular weight excluding hydrogens is 616 g/mol. The molecule has 2 aliphatic carbocycles. The standard InChI is InChI=1S/C41H44N2O6/c1-40(2,3)49-37(44)27-15-17-31-34(20-27)42-24-41(38(45)43-28(23-48-39(43)46)19-25-11-7-5-8-12-25)22-33(41)32-21-29(47-4)16-18-30(32)36(42)35(31)26-13-9-6-10-14-26/h5,7-8,11-12,15-18,20-21,26,28,33H,6,9-10,13-14,19,22-24H2,1-4H3/t28-,33+,41+/m1/s1. The summed E-state index contributed by atoms with van der Waals surface area (Å²) in [5.74, 6) is 0.442. The fourth-order valence-electron chi connectivity index (χ4n) is 8.73. The van der Waals surface area contributed by atoms with Gasteiger partial charge in [0, 0.05) is 28.9 Å². The summed E-state index contributed by atoms with van der Waals surface area (Å²) < 4.78 is 19.4. The number of carbonyl (C=O) groups excluding carboxylic acids is 3. The molecule has 3 aromatic carbocycles. The van der Waals surface area contributed by atoms with Gasteiger partial charge in [-0.2, -0.15) is 0 Å². The number of nitrogens with zero attached hydrogens (tertiary/aromatic N) is 2. The predicted octanol–water partition coefficient (Wildman–Crippen LogP) is 8.40. The lowest BCUT2D eigenvalue weighted by molar-refractivity contribution is -0.135. The molecule has 2 saturated carbocycles. The molecule has 8 nitrogen and oxygen atoms in total. The number of amides is 2. The Kier molecular flexibility index (Phi) is 7.61. The SMILES string of the molecule is COc1ccc2c(c1)[C@@H]1C[C@]1(C(=O)N1C(=O)OC[C@H]1Cc1ccccc1)Cn1c-2c(C2CCCCC2)c2ccc(C(=O)OC(C)(C)C)cc21. The predicted molar refractivity (Wildman–Crippen MR) is 187 cm³/mol. The molecule has 0 bridgehead atoms. The molecule has 1 saturated heterocycles. The zero-order valence-corrected chi connectivity index (χ0v) is 28.8. The third kappa shape index (κ3) is 5.40. The molecule has 3 heterocycles. The molecule has 0 N–H and O–H groups in total. The van der Waals surface area contributed by atoms with Gasteiger partial charge in [-0.15, -0.1) is 0 Å². The van der Waals surface area contributed by atoms with Crippen LogP contribution in [0.25, 0.3) is 22.2 Å². The van der Waals surface area contributed by atoms with Crippen molar-refractivity contribution in [2.75, 3.05) is 13.7 Å². The zero-order chi connectivity index (χ0) is 34.1. The Bertz CT molecular complexity index is 1970. The Labute approximate surface area is 287 Å². The highest BCUT2D eigenvalue weighted by Gasteiger charge is 2.65. The maximum absolute atomic E-state index is 15.0. The van der Waals surface area contributed by atoms with Gasteiger partial charge in [-0.05, 0) is 99.4 Å². The lowest BCUT2D eigenvalue weighted by Gasteiger charge is -2.26. The van der Waals surface area contributed by atoms with Crippen molar-refractivity contribution in [2.24, 2.45) is 5.41 Å². The van der Waals surface area contributed by atoms with E-state index in [9.17, 15) is 14.4 Å². The normalized spacial score (nSPS) is 23.3. The first-order valence-corrected chi connectivity index (χ1v) is 17.7. The lowest BCUT2D eigenvalue weighted by atomic mass is 9.81. The Morgan fingerprint density at radius 1 is 0.980 bits per heavy atom. The van der Waals surface area contributed by atoms with Gasteiger partial charge in [-0.1, -0.05) is 55.7 Å². The van der Waals surface area contributed by atoms with Gasteiger partial charge < -0.3 is 18.8 Å². The number of cyclic esters (lactones) is 1. The second-order valence-electron chi connectivity index (χ2n) is 15.4. The lowest BCUT2D eigenvalue weighted by Crippen LogP contribution is -2.46. The molecule has 4 aromatic rings. The minimum Gasteiger partial charge on any atom is -0.497 e. The van der Waals surface area contributed by atoms with Crippen LogP contribution in [0.2, 0.25) is 0 Å². The van der Waals surface area contributed by atoms with Crippen LogP contribution in [-0.4, -0.2) is 52.8 Å². The summed E-state index contributed by atoms with van der Waals surface area (Å²) in [6.45, 7) is 6.18. The number of methoxy groups -OCH3 is 1. The summed E-state index contributed by atoms with van der Waals surface area (Å²) >= 11 is 0. The van der Waals surface area contributed by atoms with E-state index in [2.05, 4.69) is 22.8 Å². The number of benzene rings is 3. The monoisotopic (exact) mass is 660 g/mol. The summed E-state index contributed by atoms with van der Waals surface area (Å²) in [6.07, 6.45) is 6.34. The maximum Gasteiger partial charge on any atom is 0.417 e. The first-order chi connectivity index (χ1) is 23.6. The van der Waals surface area contributed by atoms with Crippen molar-refractivity contribution in [3.8, 4) is 17.0 Å².